The van der Waals surface area contributed by atoms with Gasteiger partial charge in [0.25, 0.3) is 0 Å². The van der Waals surface area contributed by atoms with Crippen molar-refractivity contribution >= 4 is 12.4 Å². The molecular weight excluding hydrogens is 246 g/mol. The molecule has 94 valence electrons. The van der Waals surface area contributed by atoms with Crippen molar-refractivity contribution in [2.75, 3.05) is 6.66 Å². The molecule has 0 fully saturated rings. The first-order valence-corrected chi connectivity index (χ1v) is 8.19. The average molecular weight is 262 g/mol. The molecule has 0 aromatic heterocycles. The standard InChI is InChI=1S/C15H16FOP/c1-12-4-3-5-15(10-12)18(2,17)11-13-6-8-14(16)9-7-13/h3-10H,11H2,1-2H3. The fraction of sp³-hybridized carbons (Fsp3) is 0.200. The molecule has 0 bridgehead atoms. The van der Waals surface area contributed by atoms with E-state index in [1.54, 1.807) is 18.8 Å². The van der Waals surface area contributed by atoms with Crippen molar-refractivity contribution in [3.63, 3.8) is 0 Å². The number of halogens is 1. The second-order valence-corrected chi connectivity index (χ2v) is 7.76. The normalized spacial score (nSPS) is 14.2. The number of rotatable bonds is 3. The molecule has 0 heterocycles. The summed E-state index contributed by atoms with van der Waals surface area (Å²) < 4.78 is 25.6. The average Bonchev–Trinajstić information content (AvgIpc) is 2.32. The molecule has 2 aromatic rings. The molecular formula is C15H16FOP. The molecule has 3 heteroatoms. The van der Waals surface area contributed by atoms with E-state index in [1.165, 1.54) is 12.1 Å². The summed E-state index contributed by atoms with van der Waals surface area (Å²) in [4.78, 5) is 0. The van der Waals surface area contributed by atoms with Crippen molar-refractivity contribution in [2.45, 2.75) is 13.1 Å². The first-order chi connectivity index (χ1) is 8.47. The summed E-state index contributed by atoms with van der Waals surface area (Å²) >= 11 is 0. The van der Waals surface area contributed by atoms with Crippen LogP contribution in [0.3, 0.4) is 0 Å². The second kappa shape index (κ2) is 5.07. The molecule has 1 atom stereocenters. The summed E-state index contributed by atoms with van der Waals surface area (Å²) in [6.45, 7) is 3.77. The summed E-state index contributed by atoms with van der Waals surface area (Å²) in [6, 6.07) is 14.0. The highest BCUT2D eigenvalue weighted by atomic mass is 31.2. The zero-order chi connectivity index (χ0) is 13.2. The van der Waals surface area contributed by atoms with E-state index in [2.05, 4.69) is 0 Å². The van der Waals surface area contributed by atoms with Gasteiger partial charge in [-0.25, -0.2) is 4.39 Å². The second-order valence-electron chi connectivity index (χ2n) is 4.72. The summed E-state index contributed by atoms with van der Waals surface area (Å²) in [5.74, 6) is -0.264. The zero-order valence-electron chi connectivity index (χ0n) is 10.6. The number of hydrogen-bond donors (Lipinski definition) is 0. The van der Waals surface area contributed by atoms with Crippen molar-refractivity contribution in [1.29, 1.82) is 0 Å². The molecule has 0 aliphatic rings. The van der Waals surface area contributed by atoms with Crippen LogP contribution in [-0.2, 0) is 10.7 Å². The van der Waals surface area contributed by atoms with Gasteiger partial charge in [-0.3, -0.25) is 0 Å². The van der Waals surface area contributed by atoms with Crippen molar-refractivity contribution in [3.8, 4) is 0 Å². The predicted molar refractivity (Wildman–Crippen MR) is 74.4 cm³/mol. The fourth-order valence-electron chi connectivity index (χ4n) is 1.95. The third-order valence-electron chi connectivity index (χ3n) is 2.95. The third-order valence-corrected chi connectivity index (χ3v) is 5.28. The molecule has 0 radical (unpaired) electrons. The van der Waals surface area contributed by atoms with Gasteiger partial charge in [0.2, 0.25) is 0 Å². The van der Waals surface area contributed by atoms with Gasteiger partial charge in [-0.2, -0.15) is 0 Å². The molecule has 0 amide bonds. The predicted octanol–water partition coefficient (Wildman–Crippen LogP) is 3.95. The van der Waals surface area contributed by atoms with Gasteiger partial charge in [0.15, 0.2) is 0 Å². The van der Waals surface area contributed by atoms with E-state index in [1.807, 2.05) is 31.2 Å². The van der Waals surface area contributed by atoms with Crippen LogP contribution in [0.15, 0.2) is 48.5 Å². The minimum Gasteiger partial charge on any atom is -0.319 e. The number of benzene rings is 2. The van der Waals surface area contributed by atoms with Gasteiger partial charge in [0.1, 0.15) is 13.0 Å². The van der Waals surface area contributed by atoms with E-state index >= 15 is 0 Å². The molecule has 1 unspecified atom stereocenters. The van der Waals surface area contributed by atoms with Gasteiger partial charge in [-0.1, -0.05) is 35.9 Å². The maximum absolute atomic E-state index is 12.8. The van der Waals surface area contributed by atoms with Crippen molar-refractivity contribution in [3.05, 3.63) is 65.5 Å². The van der Waals surface area contributed by atoms with Crippen LogP contribution in [-0.4, -0.2) is 6.66 Å². The first-order valence-electron chi connectivity index (χ1n) is 5.85. The molecule has 1 nitrogen and oxygen atoms in total. The Morgan fingerprint density at radius 3 is 2.39 bits per heavy atom. The van der Waals surface area contributed by atoms with E-state index in [4.69, 9.17) is 0 Å². The SMILES string of the molecule is Cc1cccc(P(C)(=O)Cc2ccc(F)cc2)c1. The van der Waals surface area contributed by atoms with Crippen LogP contribution in [0.5, 0.6) is 0 Å². The minimum atomic E-state index is -2.43. The molecule has 0 aliphatic heterocycles. The topological polar surface area (TPSA) is 17.1 Å². The quantitative estimate of drug-likeness (QED) is 0.765. The molecule has 2 aromatic carbocycles. The van der Waals surface area contributed by atoms with Crippen LogP contribution in [0.4, 0.5) is 4.39 Å². The summed E-state index contributed by atoms with van der Waals surface area (Å²) in [7, 11) is -2.43. The van der Waals surface area contributed by atoms with Gasteiger partial charge in [0, 0.05) is 11.5 Å². The van der Waals surface area contributed by atoms with Gasteiger partial charge < -0.3 is 4.57 Å². The molecule has 0 spiro atoms. The lowest BCUT2D eigenvalue weighted by Crippen LogP contribution is -2.06. The number of aryl methyl sites for hydroxylation is 1. The van der Waals surface area contributed by atoms with Crippen molar-refractivity contribution in [1.82, 2.24) is 0 Å². The van der Waals surface area contributed by atoms with Crippen LogP contribution >= 0.6 is 7.14 Å². The lowest BCUT2D eigenvalue weighted by Gasteiger charge is -2.14. The Kier molecular flexibility index (Phi) is 3.68. The van der Waals surface area contributed by atoms with Crippen LogP contribution in [0.25, 0.3) is 0 Å². The summed E-state index contributed by atoms with van der Waals surface area (Å²) in [6.07, 6.45) is 0.469. The Bertz CT molecular complexity index is 590. The van der Waals surface area contributed by atoms with E-state index in [-0.39, 0.29) is 5.82 Å². The smallest absolute Gasteiger partial charge is 0.123 e. The Labute approximate surface area is 107 Å². The Balaban J connectivity index is 2.27. The van der Waals surface area contributed by atoms with Crippen LogP contribution < -0.4 is 5.30 Å². The van der Waals surface area contributed by atoms with Gasteiger partial charge in [-0.15, -0.1) is 0 Å². The Morgan fingerprint density at radius 2 is 1.78 bits per heavy atom. The van der Waals surface area contributed by atoms with E-state index < -0.39 is 7.14 Å². The maximum atomic E-state index is 12.8. The fourth-order valence-corrected chi connectivity index (χ4v) is 3.92. The van der Waals surface area contributed by atoms with Crippen LogP contribution in [0, 0.1) is 12.7 Å². The highest BCUT2D eigenvalue weighted by Crippen LogP contribution is 2.43. The monoisotopic (exact) mass is 262 g/mol. The zero-order valence-corrected chi connectivity index (χ0v) is 11.5. The lowest BCUT2D eigenvalue weighted by molar-refractivity contribution is 0.584. The van der Waals surface area contributed by atoms with Crippen molar-refractivity contribution in [2.24, 2.45) is 0 Å². The van der Waals surface area contributed by atoms with E-state index in [0.29, 0.717) is 6.16 Å². The highest BCUT2D eigenvalue weighted by molar-refractivity contribution is 7.70. The molecule has 0 saturated carbocycles. The Hall–Kier alpha value is -1.40. The molecule has 0 saturated heterocycles. The summed E-state index contributed by atoms with van der Waals surface area (Å²) in [5, 5.41) is 0.881. The largest absolute Gasteiger partial charge is 0.319 e. The first kappa shape index (κ1) is 13.0. The summed E-state index contributed by atoms with van der Waals surface area (Å²) in [5.41, 5.74) is 2.01. The van der Waals surface area contributed by atoms with Gasteiger partial charge in [-0.05, 0) is 37.4 Å². The number of hydrogen-bond acceptors (Lipinski definition) is 1. The molecule has 18 heavy (non-hydrogen) atoms. The van der Waals surface area contributed by atoms with E-state index in [0.717, 1.165) is 16.4 Å². The minimum absolute atomic E-state index is 0.264. The van der Waals surface area contributed by atoms with Crippen LogP contribution in [0.2, 0.25) is 0 Å². The van der Waals surface area contributed by atoms with Gasteiger partial charge in [0.05, 0.1) is 0 Å². The van der Waals surface area contributed by atoms with E-state index in [9.17, 15) is 8.96 Å². The highest BCUT2D eigenvalue weighted by Gasteiger charge is 2.18. The Morgan fingerprint density at radius 1 is 1.11 bits per heavy atom. The third kappa shape index (κ3) is 3.08. The van der Waals surface area contributed by atoms with Crippen LogP contribution in [0.1, 0.15) is 11.1 Å². The lowest BCUT2D eigenvalue weighted by atomic mass is 10.2. The molecule has 0 N–H and O–H groups in total. The van der Waals surface area contributed by atoms with Gasteiger partial charge >= 0.3 is 0 Å². The maximum Gasteiger partial charge on any atom is 0.123 e. The van der Waals surface area contributed by atoms with Crippen molar-refractivity contribution < 1.29 is 8.96 Å². The molecule has 0 aliphatic carbocycles. The molecule has 2 rings (SSSR count).